The van der Waals surface area contributed by atoms with E-state index in [0.29, 0.717) is 54.1 Å². The van der Waals surface area contributed by atoms with Gasteiger partial charge in [-0.25, -0.2) is 0 Å². The molecule has 2 aliphatic heterocycles. The van der Waals surface area contributed by atoms with Crippen molar-refractivity contribution in [3.05, 3.63) is 119 Å². The predicted octanol–water partition coefficient (Wildman–Crippen LogP) is 8.87. The molecular weight excluding hydrogens is 721 g/mol. The molecule has 15 heteroatoms. The van der Waals surface area contributed by atoms with Gasteiger partial charge in [0.05, 0.1) is 22.5 Å². The van der Waals surface area contributed by atoms with Crippen molar-refractivity contribution in [1.29, 1.82) is 0 Å². The van der Waals surface area contributed by atoms with E-state index in [-0.39, 0.29) is 34.0 Å². The van der Waals surface area contributed by atoms with Gasteiger partial charge in [0.15, 0.2) is 11.5 Å². The molecule has 2 N–H and O–H groups in total. The monoisotopic (exact) mass is 744 g/mol. The van der Waals surface area contributed by atoms with Crippen molar-refractivity contribution in [1.82, 2.24) is 20.0 Å². The molecule has 0 unspecified atom stereocenters. The minimum Gasteiger partial charge on any atom is -0.505 e. The van der Waals surface area contributed by atoms with Crippen LogP contribution in [0.25, 0.3) is 42.7 Å². The van der Waals surface area contributed by atoms with Crippen LogP contribution in [0.4, 0.5) is 22.7 Å². The first-order valence-electron chi connectivity index (χ1n) is 16.7. The number of hydrogen-bond donors (Lipinski definition) is 2. The van der Waals surface area contributed by atoms with Crippen LogP contribution in [0.3, 0.4) is 0 Å². The Labute approximate surface area is 314 Å². The molecule has 0 atom stereocenters. The topological polar surface area (TPSA) is 190 Å². The Kier molecular flexibility index (Phi) is 7.61. The molecule has 3 heterocycles. The lowest BCUT2D eigenvalue weighted by Crippen LogP contribution is -2.36. The lowest BCUT2D eigenvalue weighted by Gasteiger charge is -2.24. The van der Waals surface area contributed by atoms with Gasteiger partial charge in [-0.3, -0.25) is 29.0 Å². The van der Waals surface area contributed by atoms with Crippen LogP contribution in [0, 0.1) is 0 Å². The van der Waals surface area contributed by atoms with E-state index in [9.17, 15) is 29.4 Å². The number of phenolic OH excluding ortho intramolecular Hbond substituents is 2. The van der Waals surface area contributed by atoms with Gasteiger partial charge in [0.25, 0.3) is 23.6 Å². The number of hydrogen-bond acceptors (Lipinski definition) is 13. The molecule has 266 valence electrons. The average molecular weight is 745 g/mol. The third-order valence-corrected chi connectivity index (χ3v) is 10.6. The molecule has 0 radical (unpaired) electrons. The maximum Gasteiger partial charge on any atom is 0.261 e. The summed E-state index contributed by atoms with van der Waals surface area (Å²) < 4.78 is 0. The van der Waals surface area contributed by atoms with Gasteiger partial charge < -0.3 is 10.2 Å². The van der Waals surface area contributed by atoms with Crippen LogP contribution in [-0.2, 0) is 0 Å². The fourth-order valence-corrected chi connectivity index (χ4v) is 7.54. The first kappa shape index (κ1) is 33.3. The van der Waals surface area contributed by atoms with E-state index in [1.54, 1.807) is 60.7 Å². The second-order valence-corrected chi connectivity index (χ2v) is 13.8. The molecule has 0 aliphatic carbocycles. The Bertz CT molecular complexity index is 2710. The number of phenols is 2. The quantitative estimate of drug-likeness (QED) is 0.125. The van der Waals surface area contributed by atoms with E-state index in [2.05, 4.69) is 30.7 Å². The molecule has 9 rings (SSSR count). The molecule has 0 spiro atoms. The lowest BCUT2D eigenvalue weighted by atomic mass is 9.93. The van der Waals surface area contributed by atoms with Gasteiger partial charge in [0.1, 0.15) is 21.4 Å². The highest BCUT2D eigenvalue weighted by Crippen LogP contribution is 2.43. The van der Waals surface area contributed by atoms with Crippen LogP contribution in [0.2, 0.25) is 0 Å². The van der Waals surface area contributed by atoms with Crippen LogP contribution in [-0.4, -0.2) is 67.9 Å². The normalized spacial score (nSPS) is 14.1. The highest BCUT2D eigenvalue weighted by molar-refractivity contribution is 7.17. The van der Waals surface area contributed by atoms with Crippen LogP contribution >= 0.6 is 11.3 Å². The summed E-state index contributed by atoms with van der Waals surface area (Å²) >= 11 is 1.38. The van der Waals surface area contributed by atoms with E-state index in [1.165, 1.54) is 37.6 Å². The fourth-order valence-electron chi connectivity index (χ4n) is 6.68. The molecule has 14 nitrogen and oxygen atoms in total. The fraction of sp³-hybridized carbons (Fsp3) is 0.0500. The minimum atomic E-state index is -0.484. The van der Waals surface area contributed by atoms with Gasteiger partial charge in [-0.05, 0) is 72.8 Å². The van der Waals surface area contributed by atoms with Crippen LogP contribution < -0.4 is 0 Å². The van der Waals surface area contributed by atoms with Crippen molar-refractivity contribution in [2.24, 2.45) is 20.5 Å². The maximum absolute atomic E-state index is 12.9. The van der Waals surface area contributed by atoms with E-state index in [0.717, 1.165) is 20.9 Å². The van der Waals surface area contributed by atoms with Crippen molar-refractivity contribution < 1.29 is 29.4 Å². The maximum atomic E-state index is 12.9. The predicted molar refractivity (Wildman–Crippen MR) is 203 cm³/mol. The summed E-state index contributed by atoms with van der Waals surface area (Å²) in [5.74, 6) is -2.20. The number of aromatic hydroxyl groups is 2. The molecule has 6 aromatic carbocycles. The van der Waals surface area contributed by atoms with Crippen molar-refractivity contribution in [2.75, 3.05) is 14.1 Å². The molecule has 0 fully saturated rings. The van der Waals surface area contributed by atoms with Crippen molar-refractivity contribution >= 4 is 79.3 Å². The molecular formula is C40H24N8O6S. The molecule has 4 amide bonds. The third kappa shape index (κ3) is 5.32. The first-order valence-corrected chi connectivity index (χ1v) is 17.5. The summed E-state index contributed by atoms with van der Waals surface area (Å²) in [6.45, 7) is 0. The summed E-state index contributed by atoms with van der Waals surface area (Å²) in [7, 11) is 2.83. The summed E-state index contributed by atoms with van der Waals surface area (Å²) in [5.41, 5.74) is 3.97. The first-order chi connectivity index (χ1) is 26.6. The Morgan fingerprint density at radius 1 is 0.509 bits per heavy atom. The van der Waals surface area contributed by atoms with Gasteiger partial charge in [0.2, 0.25) is 0 Å². The number of nitrogens with zero attached hydrogens (tertiary/aromatic N) is 8. The van der Waals surface area contributed by atoms with Gasteiger partial charge in [-0.15, -0.1) is 20.4 Å². The zero-order valence-corrected chi connectivity index (χ0v) is 29.6. The van der Waals surface area contributed by atoms with E-state index in [1.807, 2.05) is 24.3 Å². The average Bonchev–Trinajstić information content (AvgIpc) is 3.71. The summed E-state index contributed by atoms with van der Waals surface area (Å²) in [4.78, 5) is 53.1. The zero-order valence-electron chi connectivity index (χ0n) is 28.8. The standard InChI is InChI=1S/C40H24N8O6S/c1-47-37(51)25-7-3-5-23-31(25)27(39(47)53)17-29(33(23)49)43-41-21-13-9-19(10-14-21)35-45-46-36(55-35)20-11-15-22(16-12-20)42-44-30-18-28-32-24(34(30)50)6-4-8-26(32)38(52)48(2)40(28)54/h3-18,49-50H,1-2H3. The van der Waals surface area contributed by atoms with Crippen molar-refractivity contribution in [2.45, 2.75) is 0 Å². The highest BCUT2D eigenvalue weighted by Gasteiger charge is 2.33. The van der Waals surface area contributed by atoms with Crippen LogP contribution in [0.15, 0.2) is 118 Å². The van der Waals surface area contributed by atoms with Gasteiger partial charge in [-0.2, -0.15) is 10.2 Å². The molecule has 2 aliphatic rings. The summed E-state index contributed by atoms with van der Waals surface area (Å²) in [5, 5.41) is 50.4. The highest BCUT2D eigenvalue weighted by atomic mass is 32.1. The Morgan fingerprint density at radius 2 is 0.891 bits per heavy atom. The minimum absolute atomic E-state index is 0.0965. The second-order valence-electron chi connectivity index (χ2n) is 12.8. The third-order valence-electron chi connectivity index (χ3n) is 9.57. The number of rotatable bonds is 6. The van der Waals surface area contributed by atoms with Crippen LogP contribution in [0.5, 0.6) is 11.5 Å². The van der Waals surface area contributed by atoms with Gasteiger partial charge in [0, 0.05) is 57.9 Å². The molecule has 55 heavy (non-hydrogen) atoms. The Hall–Kier alpha value is -7.52. The second kappa shape index (κ2) is 12.6. The number of imide groups is 2. The number of benzene rings is 6. The summed E-state index contributed by atoms with van der Waals surface area (Å²) in [6.07, 6.45) is 0. The Balaban J connectivity index is 0.918. The number of carbonyl (C=O) groups excluding carboxylic acids is 4. The molecule has 0 saturated heterocycles. The Morgan fingerprint density at radius 3 is 1.29 bits per heavy atom. The van der Waals surface area contributed by atoms with E-state index < -0.39 is 23.6 Å². The molecule has 7 aromatic rings. The SMILES string of the molecule is CN1C(=O)c2cccc3c(O)c(N=Nc4ccc(-c5nnc(-c6ccc(N=Nc7cc8c9c(cccc9c7O)C(=O)N(C)C8=O)cc6)s5)cc4)cc(c23)C1=O. The molecule has 0 saturated carbocycles. The molecule has 1 aromatic heterocycles. The van der Waals surface area contributed by atoms with Gasteiger partial charge >= 0.3 is 0 Å². The lowest BCUT2D eigenvalue weighted by molar-refractivity contribution is 0.0635. The zero-order chi connectivity index (χ0) is 38.1. The van der Waals surface area contributed by atoms with Crippen LogP contribution in [0.1, 0.15) is 41.4 Å². The smallest absolute Gasteiger partial charge is 0.261 e. The van der Waals surface area contributed by atoms with Crippen molar-refractivity contribution in [3.63, 3.8) is 0 Å². The number of amides is 4. The van der Waals surface area contributed by atoms with Crippen molar-refractivity contribution in [3.8, 4) is 32.6 Å². The molecule has 0 bridgehead atoms. The number of azo groups is 2. The number of carbonyl (C=O) groups is 4. The van der Waals surface area contributed by atoms with E-state index in [4.69, 9.17) is 0 Å². The largest absolute Gasteiger partial charge is 0.505 e. The van der Waals surface area contributed by atoms with E-state index >= 15 is 0 Å². The van der Waals surface area contributed by atoms with Gasteiger partial charge in [-0.1, -0.05) is 35.6 Å². The summed E-state index contributed by atoms with van der Waals surface area (Å²) in [6, 6.07) is 26.9. The number of aromatic nitrogens is 2.